The van der Waals surface area contributed by atoms with Crippen molar-refractivity contribution in [1.29, 1.82) is 0 Å². The van der Waals surface area contributed by atoms with Crippen molar-refractivity contribution < 1.29 is 17.9 Å². The highest BCUT2D eigenvalue weighted by Gasteiger charge is 2.13. The fraction of sp³-hybridized carbons (Fsp3) is 0.133. The number of methoxy groups -OCH3 is 1. The maximum Gasteiger partial charge on any atom is 0.255 e. The normalized spacial score (nSPS) is 11.0. The van der Waals surface area contributed by atoms with Crippen LogP contribution in [0.15, 0.2) is 47.4 Å². The first kappa shape index (κ1) is 16.0. The number of carbonyl (C=O) groups is 1. The minimum Gasteiger partial charge on any atom is -0.497 e. The lowest BCUT2D eigenvalue weighted by Gasteiger charge is -2.09. The molecule has 2 aromatic rings. The van der Waals surface area contributed by atoms with Gasteiger partial charge in [-0.05, 0) is 48.9 Å². The Balaban J connectivity index is 2.25. The molecule has 0 unspecified atom stereocenters. The van der Waals surface area contributed by atoms with Crippen molar-refractivity contribution >= 4 is 21.6 Å². The summed E-state index contributed by atoms with van der Waals surface area (Å²) in [6.07, 6.45) is 0. The molecule has 1 amide bonds. The molecule has 6 nitrogen and oxygen atoms in total. The van der Waals surface area contributed by atoms with E-state index < -0.39 is 10.0 Å². The molecule has 2 rings (SSSR count). The third-order valence-corrected chi connectivity index (χ3v) is 4.16. The Bertz CT molecular complexity index is 799. The van der Waals surface area contributed by atoms with Crippen molar-refractivity contribution in [3.8, 4) is 5.75 Å². The van der Waals surface area contributed by atoms with E-state index in [-0.39, 0.29) is 10.8 Å². The van der Waals surface area contributed by atoms with Crippen LogP contribution in [-0.4, -0.2) is 21.4 Å². The van der Waals surface area contributed by atoms with Crippen LogP contribution in [0.25, 0.3) is 0 Å². The van der Waals surface area contributed by atoms with Gasteiger partial charge in [0, 0.05) is 11.3 Å². The van der Waals surface area contributed by atoms with Crippen LogP contribution in [0.4, 0.5) is 5.69 Å². The fourth-order valence-corrected chi connectivity index (χ4v) is 2.74. The zero-order valence-electron chi connectivity index (χ0n) is 12.2. The Kier molecular flexibility index (Phi) is 4.48. The van der Waals surface area contributed by atoms with Crippen LogP contribution in [-0.2, 0) is 10.0 Å². The summed E-state index contributed by atoms with van der Waals surface area (Å²) in [6, 6.07) is 11.1. The van der Waals surface area contributed by atoms with E-state index in [4.69, 9.17) is 9.88 Å². The lowest BCUT2D eigenvalue weighted by atomic mass is 10.2. The molecule has 0 aliphatic heterocycles. The Hall–Kier alpha value is -2.38. The number of primary sulfonamides is 1. The Morgan fingerprint density at radius 2 is 1.77 bits per heavy atom. The van der Waals surface area contributed by atoms with Gasteiger partial charge in [-0.25, -0.2) is 13.6 Å². The average Bonchev–Trinajstić information content (AvgIpc) is 2.48. The Labute approximate surface area is 129 Å². The molecule has 0 radical (unpaired) electrons. The van der Waals surface area contributed by atoms with E-state index in [0.717, 1.165) is 0 Å². The smallest absolute Gasteiger partial charge is 0.255 e. The number of carbonyl (C=O) groups excluding carboxylic acids is 1. The van der Waals surface area contributed by atoms with Gasteiger partial charge in [0.1, 0.15) is 5.75 Å². The van der Waals surface area contributed by atoms with Crippen LogP contribution < -0.4 is 15.2 Å². The molecule has 0 saturated heterocycles. The lowest BCUT2D eigenvalue weighted by Crippen LogP contribution is -2.16. The van der Waals surface area contributed by atoms with E-state index in [9.17, 15) is 13.2 Å². The molecule has 0 saturated carbocycles. The first-order chi connectivity index (χ1) is 10.3. The summed E-state index contributed by atoms with van der Waals surface area (Å²) in [5, 5.41) is 7.78. The maximum absolute atomic E-state index is 12.1. The van der Waals surface area contributed by atoms with Crippen molar-refractivity contribution in [2.24, 2.45) is 5.14 Å². The molecule has 116 valence electrons. The summed E-state index contributed by atoms with van der Waals surface area (Å²) in [6.45, 7) is 1.63. The molecule has 0 heterocycles. The number of hydrogen-bond donors (Lipinski definition) is 2. The summed E-state index contributed by atoms with van der Waals surface area (Å²) in [7, 11) is -2.30. The van der Waals surface area contributed by atoms with E-state index >= 15 is 0 Å². The maximum atomic E-state index is 12.1. The van der Waals surface area contributed by atoms with Gasteiger partial charge in [0.25, 0.3) is 5.91 Å². The van der Waals surface area contributed by atoms with E-state index in [1.807, 2.05) is 0 Å². The number of nitrogens with two attached hydrogens (primary N) is 1. The molecule has 0 bridgehead atoms. The van der Waals surface area contributed by atoms with Crippen LogP contribution in [0.3, 0.4) is 0 Å². The number of nitrogens with one attached hydrogen (secondary N) is 1. The molecule has 7 heteroatoms. The zero-order chi connectivity index (χ0) is 16.3. The highest BCUT2D eigenvalue weighted by atomic mass is 32.2. The van der Waals surface area contributed by atoms with Crippen LogP contribution >= 0.6 is 0 Å². The number of rotatable bonds is 4. The van der Waals surface area contributed by atoms with Gasteiger partial charge >= 0.3 is 0 Å². The standard InChI is InChI=1S/C15H16N2O4S/c1-10-3-6-12(9-14(10)22(16,19)20)17-15(18)11-4-7-13(21-2)8-5-11/h3-9H,1-2H3,(H,17,18)(H2,16,19,20). The van der Waals surface area contributed by atoms with Crippen molar-refractivity contribution in [2.75, 3.05) is 12.4 Å². The minimum absolute atomic E-state index is 0.0139. The number of sulfonamides is 1. The monoisotopic (exact) mass is 320 g/mol. The van der Waals surface area contributed by atoms with Crippen LogP contribution in [0.5, 0.6) is 5.75 Å². The molecule has 22 heavy (non-hydrogen) atoms. The van der Waals surface area contributed by atoms with Crippen molar-refractivity contribution in [3.05, 3.63) is 53.6 Å². The first-order valence-electron chi connectivity index (χ1n) is 6.40. The van der Waals surface area contributed by atoms with Gasteiger partial charge in [-0.1, -0.05) is 6.07 Å². The summed E-state index contributed by atoms with van der Waals surface area (Å²) >= 11 is 0. The molecule has 3 N–H and O–H groups in total. The summed E-state index contributed by atoms with van der Waals surface area (Å²) in [4.78, 5) is 12.1. The number of benzene rings is 2. The van der Waals surface area contributed by atoms with E-state index in [1.165, 1.54) is 13.2 Å². The molecular weight excluding hydrogens is 304 g/mol. The third-order valence-electron chi connectivity index (χ3n) is 3.10. The molecule has 0 spiro atoms. The fourth-order valence-electron chi connectivity index (χ4n) is 1.93. The summed E-state index contributed by atoms with van der Waals surface area (Å²) in [5.41, 5.74) is 1.30. The second kappa shape index (κ2) is 6.17. The van der Waals surface area contributed by atoms with Crippen LogP contribution in [0.2, 0.25) is 0 Å². The Morgan fingerprint density at radius 3 is 2.32 bits per heavy atom. The van der Waals surface area contributed by atoms with Gasteiger partial charge in [0.2, 0.25) is 10.0 Å². The zero-order valence-corrected chi connectivity index (χ0v) is 13.0. The number of ether oxygens (including phenoxy) is 1. The van der Waals surface area contributed by atoms with Gasteiger partial charge in [0.05, 0.1) is 12.0 Å². The van der Waals surface area contributed by atoms with Crippen LogP contribution in [0.1, 0.15) is 15.9 Å². The number of hydrogen-bond acceptors (Lipinski definition) is 4. The van der Waals surface area contributed by atoms with Gasteiger partial charge < -0.3 is 10.1 Å². The Morgan fingerprint density at radius 1 is 1.14 bits per heavy atom. The van der Waals surface area contributed by atoms with E-state index in [0.29, 0.717) is 22.6 Å². The van der Waals surface area contributed by atoms with Crippen molar-refractivity contribution in [1.82, 2.24) is 0 Å². The molecule has 0 aliphatic rings. The van der Waals surface area contributed by atoms with Crippen molar-refractivity contribution in [2.45, 2.75) is 11.8 Å². The highest BCUT2D eigenvalue weighted by Crippen LogP contribution is 2.20. The van der Waals surface area contributed by atoms with E-state index in [2.05, 4.69) is 5.32 Å². The largest absolute Gasteiger partial charge is 0.497 e. The van der Waals surface area contributed by atoms with E-state index in [1.54, 1.807) is 43.3 Å². The molecule has 0 aromatic heterocycles. The number of anilines is 1. The molecular formula is C15H16N2O4S. The predicted molar refractivity (Wildman–Crippen MR) is 83.5 cm³/mol. The van der Waals surface area contributed by atoms with Gasteiger partial charge in [-0.3, -0.25) is 4.79 Å². The first-order valence-corrected chi connectivity index (χ1v) is 7.95. The van der Waals surface area contributed by atoms with Gasteiger partial charge in [-0.15, -0.1) is 0 Å². The second-order valence-corrected chi connectivity index (χ2v) is 6.24. The van der Waals surface area contributed by atoms with Gasteiger partial charge in [0.15, 0.2) is 0 Å². The quantitative estimate of drug-likeness (QED) is 0.899. The SMILES string of the molecule is COc1ccc(C(=O)Nc2ccc(C)c(S(N)(=O)=O)c2)cc1. The van der Waals surface area contributed by atoms with Crippen molar-refractivity contribution in [3.63, 3.8) is 0 Å². The average molecular weight is 320 g/mol. The second-order valence-electron chi connectivity index (χ2n) is 4.71. The van der Waals surface area contributed by atoms with Gasteiger partial charge in [-0.2, -0.15) is 0 Å². The summed E-state index contributed by atoms with van der Waals surface area (Å²) < 4.78 is 28.0. The van der Waals surface area contributed by atoms with Crippen LogP contribution in [0, 0.1) is 6.92 Å². The highest BCUT2D eigenvalue weighted by molar-refractivity contribution is 7.89. The number of amides is 1. The molecule has 0 aliphatic carbocycles. The predicted octanol–water partition coefficient (Wildman–Crippen LogP) is 1.90. The number of aryl methyl sites for hydroxylation is 1. The molecule has 0 atom stereocenters. The summed E-state index contributed by atoms with van der Waals surface area (Å²) in [5.74, 6) is 0.287. The molecule has 2 aromatic carbocycles. The molecule has 0 fully saturated rings. The minimum atomic E-state index is -3.83. The topological polar surface area (TPSA) is 98.5 Å². The third kappa shape index (κ3) is 3.63. The lowest BCUT2D eigenvalue weighted by molar-refractivity contribution is 0.102.